The van der Waals surface area contributed by atoms with Crippen LogP contribution in [0.3, 0.4) is 0 Å². The molecule has 1 aromatic rings. The van der Waals surface area contributed by atoms with Gasteiger partial charge in [-0.1, -0.05) is 26.0 Å². The van der Waals surface area contributed by atoms with Crippen molar-refractivity contribution in [2.24, 2.45) is 5.41 Å². The molecular formula is C16H23FO2. The van der Waals surface area contributed by atoms with Crippen LogP contribution in [0.5, 0.6) is 0 Å². The summed E-state index contributed by atoms with van der Waals surface area (Å²) in [5.74, 6) is -0.322. The summed E-state index contributed by atoms with van der Waals surface area (Å²) in [5.41, 5.74) is 1.67. The molecule has 1 rings (SSSR count). The number of halogens is 1. The van der Waals surface area contributed by atoms with E-state index in [0.29, 0.717) is 18.6 Å². The molecule has 0 fully saturated rings. The van der Waals surface area contributed by atoms with Gasteiger partial charge in [0.1, 0.15) is 5.82 Å². The first-order chi connectivity index (χ1) is 8.84. The minimum atomic E-state index is -0.172. The lowest BCUT2D eigenvalue weighted by Gasteiger charge is -2.23. The van der Waals surface area contributed by atoms with Crippen molar-refractivity contribution in [1.29, 1.82) is 0 Å². The van der Waals surface area contributed by atoms with Gasteiger partial charge < -0.3 is 4.74 Å². The van der Waals surface area contributed by atoms with E-state index in [4.69, 9.17) is 4.74 Å². The molecule has 0 amide bonds. The molecular weight excluding hydrogens is 243 g/mol. The molecule has 0 atom stereocenters. The number of rotatable bonds is 6. The lowest BCUT2D eigenvalue weighted by molar-refractivity contribution is -0.145. The maximum Gasteiger partial charge on any atom is 0.306 e. The highest BCUT2D eigenvalue weighted by molar-refractivity contribution is 5.70. The second-order valence-electron chi connectivity index (χ2n) is 5.73. The molecule has 0 spiro atoms. The first kappa shape index (κ1) is 15.7. The smallest absolute Gasteiger partial charge is 0.306 e. The predicted octanol–water partition coefficient (Wildman–Crippen LogP) is 4.05. The maximum atomic E-state index is 13.2. The minimum Gasteiger partial charge on any atom is -0.466 e. The largest absolute Gasteiger partial charge is 0.466 e. The molecule has 0 heterocycles. The zero-order chi connectivity index (χ0) is 14.5. The van der Waals surface area contributed by atoms with Gasteiger partial charge in [0.15, 0.2) is 0 Å². The van der Waals surface area contributed by atoms with Crippen LogP contribution in [0.25, 0.3) is 0 Å². The Morgan fingerprint density at radius 1 is 1.37 bits per heavy atom. The van der Waals surface area contributed by atoms with Gasteiger partial charge in [0.05, 0.1) is 13.0 Å². The predicted molar refractivity (Wildman–Crippen MR) is 74.5 cm³/mol. The molecule has 0 aliphatic carbocycles. The fourth-order valence-corrected chi connectivity index (χ4v) is 2.04. The number of carbonyl (C=O) groups excluding carboxylic acids is 1. The topological polar surface area (TPSA) is 26.3 Å². The molecule has 19 heavy (non-hydrogen) atoms. The van der Waals surface area contributed by atoms with Crippen molar-refractivity contribution in [3.63, 3.8) is 0 Å². The van der Waals surface area contributed by atoms with Gasteiger partial charge in [0, 0.05) is 0 Å². The van der Waals surface area contributed by atoms with E-state index >= 15 is 0 Å². The summed E-state index contributed by atoms with van der Waals surface area (Å²) >= 11 is 0. The number of carbonyl (C=O) groups is 1. The van der Waals surface area contributed by atoms with Crippen LogP contribution < -0.4 is 0 Å². The summed E-state index contributed by atoms with van der Waals surface area (Å²) in [7, 11) is 0. The molecule has 0 aliphatic heterocycles. The average Bonchev–Trinajstić information content (AvgIpc) is 2.30. The van der Waals surface area contributed by atoms with Gasteiger partial charge in [0.25, 0.3) is 0 Å². The molecule has 1 aromatic carbocycles. The Hall–Kier alpha value is -1.38. The summed E-state index contributed by atoms with van der Waals surface area (Å²) in [6.45, 7) is 8.11. The molecule has 0 saturated carbocycles. The molecule has 2 nitrogen and oxygen atoms in total. The maximum absolute atomic E-state index is 13.2. The minimum absolute atomic E-state index is 0.103. The third-order valence-corrected chi connectivity index (χ3v) is 3.24. The third-order valence-electron chi connectivity index (χ3n) is 3.24. The van der Waals surface area contributed by atoms with Crippen molar-refractivity contribution >= 4 is 5.97 Å². The van der Waals surface area contributed by atoms with Crippen molar-refractivity contribution < 1.29 is 13.9 Å². The monoisotopic (exact) mass is 266 g/mol. The highest BCUT2D eigenvalue weighted by Crippen LogP contribution is 2.27. The Labute approximate surface area is 115 Å². The first-order valence-electron chi connectivity index (χ1n) is 6.75. The normalized spacial score (nSPS) is 11.4. The number of aryl methyl sites for hydroxylation is 2. The van der Waals surface area contributed by atoms with Crippen molar-refractivity contribution in [2.75, 3.05) is 6.61 Å². The van der Waals surface area contributed by atoms with Crippen molar-refractivity contribution in [3.8, 4) is 0 Å². The van der Waals surface area contributed by atoms with Gasteiger partial charge in [-0.15, -0.1) is 0 Å². The quantitative estimate of drug-likeness (QED) is 0.726. The third kappa shape index (κ3) is 5.41. The van der Waals surface area contributed by atoms with Crippen LogP contribution in [0.4, 0.5) is 4.39 Å². The Balaban J connectivity index is 2.54. The van der Waals surface area contributed by atoms with E-state index in [1.807, 2.05) is 19.1 Å². The number of ether oxygens (including phenoxy) is 1. The van der Waals surface area contributed by atoms with Gasteiger partial charge in [0.2, 0.25) is 0 Å². The lowest BCUT2D eigenvalue weighted by atomic mass is 9.83. The molecule has 0 radical (unpaired) electrons. The zero-order valence-corrected chi connectivity index (χ0v) is 12.3. The summed E-state index contributed by atoms with van der Waals surface area (Å²) in [6, 6.07) is 5.18. The zero-order valence-electron chi connectivity index (χ0n) is 12.3. The Morgan fingerprint density at radius 3 is 2.63 bits per heavy atom. The van der Waals surface area contributed by atoms with Gasteiger partial charge in [-0.3, -0.25) is 4.79 Å². The number of hydrogen-bond acceptors (Lipinski definition) is 2. The van der Waals surface area contributed by atoms with E-state index in [0.717, 1.165) is 18.4 Å². The van der Waals surface area contributed by atoms with Crippen molar-refractivity contribution in [2.45, 2.75) is 47.0 Å². The molecule has 3 heteroatoms. The van der Waals surface area contributed by atoms with E-state index in [9.17, 15) is 9.18 Å². The fourth-order valence-electron chi connectivity index (χ4n) is 2.04. The van der Waals surface area contributed by atoms with E-state index in [2.05, 4.69) is 13.8 Å². The molecule has 0 N–H and O–H groups in total. The van der Waals surface area contributed by atoms with Crippen LogP contribution in [-0.4, -0.2) is 12.6 Å². The summed E-state index contributed by atoms with van der Waals surface area (Å²) < 4.78 is 18.1. The van der Waals surface area contributed by atoms with Crippen LogP contribution in [0.15, 0.2) is 18.2 Å². The van der Waals surface area contributed by atoms with Crippen LogP contribution in [0.1, 0.15) is 44.7 Å². The Bertz CT molecular complexity index is 438. The molecule has 0 saturated heterocycles. The molecule has 106 valence electrons. The second-order valence-corrected chi connectivity index (χ2v) is 5.73. The van der Waals surface area contributed by atoms with E-state index < -0.39 is 0 Å². The summed E-state index contributed by atoms with van der Waals surface area (Å²) in [6.07, 6.45) is 2.13. The summed E-state index contributed by atoms with van der Waals surface area (Å²) in [5, 5.41) is 0. The van der Waals surface area contributed by atoms with Gasteiger partial charge in [-0.05, 0) is 49.3 Å². The van der Waals surface area contributed by atoms with Gasteiger partial charge in [-0.25, -0.2) is 4.39 Å². The number of benzene rings is 1. The van der Waals surface area contributed by atoms with E-state index in [-0.39, 0.29) is 17.2 Å². The van der Waals surface area contributed by atoms with Crippen molar-refractivity contribution in [1.82, 2.24) is 0 Å². The molecule has 0 aliphatic rings. The highest BCUT2D eigenvalue weighted by atomic mass is 19.1. The second kappa shape index (κ2) is 6.69. The van der Waals surface area contributed by atoms with E-state index in [1.165, 1.54) is 6.07 Å². The number of esters is 1. The van der Waals surface area contributed by atoms with Crippen LogP contribution >= 0.6 is 0 Å². The van der Waals surface area contributed by atoms with Crippen molar-refractivity contribution in [3.05, 3.63) is 35.1 Å². The van der Waals surface area contributed by atoms with Crippen LogP contribution in [0.2, 0.25) is 0 Å². The molecule has 0 unspecified atom stereocenters. The first-order valence-corrected chi connectivity index (χ1v) is 6.75. The SMILES string of the molecule is CCOC(=O)CC(C)(C)CCc1ccc(F)c(C)c1. The molecule has 0 bridgehead atoms. The van der Waals surface area contributed by atoms with Gasteiger partial charge in [-0.2, -0.15) is 0 Å². The standard InChI is InChI=1S/C16H23FO2/c1-5-19-15(18)11-16(3,4)9-8-13-6-7-14(17)12(2)10-13/h6-7,10H,5,8-9,11H2,1-4H3. The lowest BCUT2D eigenvalue weighted by Crippen LogP contribution is -2.19. The number of hydrogen-bond donors (Lipinski definition) is 0. The van der Waals surface area contributed by atoms with Gasteiger partial charge >= 0.3 is 5.97 Å². The average molecular weight is 266 g/mol. The molecule has 0 aromatic heterocycles. The fraction of sp³-hybridized carbons (Fsp3) is 0.562. The van der Waals surface area contributed by atoms with E-state index in [1.54, 1.807) is 6.92 Å². The van der Waals surface area contributed by atoms with Crippen LogP contribution in [0, 0.1) is 18.2 Å². The Morgan fingerprint density at radius 2 is 2.05 bits per heavy atom. The summed E-state index contributed by atoms with van der Waals surface area (Å²) in [4.78, 5) is 11.5. The Kier molecular flexibility index (Phi) is 5.52. The highest BCUT2D eigenvalue weighted by Gasteiger charge is 2.22. The van der Waals surface area contributed by atoms with Crippen LogP contribution in [-0.2, 0) is 16.0 Å².